The molecule has 168 valence electrons. The third-order valence-electron chi connectivity index (χ3n) is 4.96. The van der Waals surface area contributed by atoms with Crippen molar-refractivity contribution in [1.82, 2.24) is 20.1 Å². The Labute approximate surface area is 213 Å². The van der Waals surface area contributed by atoms with E-state index in [2.05, 4.69) is 10.6 Å². The van der Waals surface area contributed by atoms with Crippen LogP contribution >= 0.6 is 0 Å². The molecule has 2 atom stereocenters. The van der Waals surface area contributed by atoms with Crippen LogP contribution in [0.3, 0.4) is 0 Å². The molecular weight excluding hydrogens is 439 g/mol. The number of benzene rings is 1. The summed E-state index contributed by atoms with van der Waals surface area (Å²) in [6.07, 6.45) is 2.34. The van der Waals surface area contributed by atoms with Crippen LogP contribution in [-0.2, 0) is 14.4 Å². The van der Waals surface area contributed by atoms with Crippen LogP contribution in [0.5, 0.6) is 0 Å². The molecule has 11 heteroatoms. The molecule has 2 unspecified atom stereocenters. The Hall–Kier alpha value is -3.21. The van der Waals surface area contributed by atoms with Gasteiger partial charge in [-0.3, -0.25) is 23.7 Å². The van der Waals surface area contributed by atoms with E-state index in [4.69, 9.17) is 0 Å². The maximum atomic E-state index is 12.6. The molecule has 0 bridgehead atoms. The molecule has 0 aliphatic carbocycles. The zero-order chi connectivity index (χ0) is 23.4. The Morgan fingerprint density at radius 1 is 1.12 bits per heavy atom. The summed E-state index contributed by atoms with van der Waals surface area (Å²) in [6.45, 7) is 1.53. The van der Waals surface area contributed by atoms with Crippen LogP contribution in [0.1, 0.15) is 26.4 Å². The summed E-state index contributed by atoms with van der Waals surface area (Å²) in [5.41, 5.74) is 0.902. The van der Waals surface area contributed by atoms with Crippen LogP contribution < -0.4 is 45.8 Å². The summed E-state index contributed by atoms with van der Waals surface area (Å²) in [7, 11) is 1.46. The first kappa shape index (κ1) is 26.0. The van der Waals surface area contributed by atoms with Gasteiger partial charge < -0.3 is 22.1 Å². The molecule has 3 amide bonds. The number of carboxylic acid groups (broad SMARTS) is 1. The van der Waals surface area contributed by atoms with Gasteiger partial charge in [0.2, 0.25) is 0 Å². The van der Waals surface area contributed by atoms with Crippen molar-refractivity contribution in [3.05, 3.63) is 76.4 Å². The van der Waals surface area contributed by atoms with Crippen molar-refractivity contribution in [3.8, 4) is 5.69 Å². The summed E-state index contributed by atoms with van der Waals surface area (Å²) < 4.78 is 1.33. The fourth-order valence-electron chi connectivity index (χ4n) is 3.35. The van der Waals surface area contributed by atoms with Crippen LogP contribution in [0.25, 0.3) is 5.69 Å². The monoisotopic (exact) mass is 462 g/mol. The van der Waals surface area contributed by atoms with Gasteiger partial charge in [-0.1, -0.05) is 18.2 Å². The Bertz CT molecular complexity index is 1170. The van der Waals surface area contributed by atoms with Gasteiger partial charge in [-0.15, -0.1) is 0 Å². The van der Waals surface area contributed by atoms with Crippen molar-refractivity contribution in [1.29, 1.82) is 0 Å². The normalized spacial score (nSPS) is 16.4. The Balaban J connectivity index is 0.00000289. The first-order chi connectivity index (χ1) is 15.2. The van der Waals surface area contributed by atoms with E-state index in [0.717, 1.165) is 0 Å². The van der Waals surface area contributed by atoms with Crippen LogP contribution in [0.2, 0.25) is 0 Å². The molecule has 10 nitrogen and oxygen atoms in total. The number of nitrogens with one attached hydrogen (secondary N) is 2. The fraction of sp³-hybridized carbons (Fsp3) is 0.227. The van der Waals surface area contributed by atoms with Crippen molar-refractivity contribution < 1.29 is 55.3 Å². The number of hydrogen-bond acceptors (Lipinski definition) is 5. The van der Waals surface area contributed by atoms with E-state index < -0.39 is 42.2 Å². The molecule has 0 saturated carbocycles. The average molecular weight is 462 g/mol. The number of carboxylic acids is 1. The number of nitrogens with zero attached hydrogens (tertiary/aromatic N) is 2. The van der Waals surface area contributed by atoms with Gasteiger partial charge in [-0.25, -0.2) is 4.79 Å². The minimum absolute atomic E-state index is 0. The van der Waals surface area contributed by atoms with Gasteiger partial charge in [0.25, 0.3) is 11.5 Å². The predicted octanol–water partition coefficient (Wildman–Crippen LogP) is -1.92. The summed E-state index contributed by atoms with van der Waals surface area (Å²) in [5, 5.41) is 14.1. The molecule has 3 N–H and O–H groups in total. The zero-order valence-electron chi connectivity index (χ0n) is 19.4. The number of carbonyl (C=O) groups excluding carboxylic acids is 3. The Morgan fingerprint density at radius 3 is 2.42 bits per heavy atom. The van der Waals surface area contributed by atoms with Crippen LogP contribution in [0.4, 0.5) is 4.79 Å². The van der Waals surface area contributed by atoms with E-state index in [1.807, 2.05) is 0 Å². The second kappa shape index (κ2) is 11.1. The van der Waals surface area contributed by atoms with E-state index in [9.17, 15) is 29.1 Å². The van der Waals surface area contributed by atoms with E-state index in [1.165, 1.54) is 48.0 Å². The average Bonchev–Trinajstić information content (AvgIpc) is 2.75. The Kier molecular flexibility index (Phi) is 8.75. The number of aromatic nitrogens is 1. The standard InChI is InChI=1S/C22H22N4O6.Na.H/c1-13-11-25(2)21(31)19(20(13)30)24-22(32)23-16(10-18(28)29)14-8-9-17(27)26(12-14)15-6-4-3-5-7-15;;/h3-9,11-12,16,19H,10H2,1-2H3,(H,28,29)(H2,23,24,32);;/q;+1;-1. The molecule has 1 aliphatic rings. The number of amides is 3. The second-order valence-electron chi connectivity index (χ2n) is 7.33. The maximum absolute atomic E-state index is 12.6. The number of carbonyl (C=O) groups is 4. The van der Waals surface area contributed by atoms with Crippen LogP contribution in [0, 0.1) is 0 Å². The molecule has 0 radical (unpaired) electrons. The van der Waals surface area contributed by atoms with E-state index in [0.29, 0.717) is 16.8 Å². The number of hydrogen-bond donors (Lipinski definition) is 3. The Morgan fingerprint density at radius 2 is 1.79 bits per heavy atom. The first-order valence-corrected chi connectivity index (χ1v) is 9.73. The van der Waals surface area contributed by atoms with Crippen molar-refractivity contribution >= 4 is 23.7 Å². The molecule has 1 aliphatic heterocycles. The van der Waals surface area contributed by atoms with Gasteiger partial charge in [0.05, 0.1) is 12.5 Å². The summed E-state index contributed by atoms with van der Waals surface area (Å²) in [5.74, 6) is -2.34. The third-order valence-corrected chi connectivity index (χ3v) is 4.96. The number of para-hydroxylation sites is 1. The number of likely N-dealkylation sites (N-methyl/N-ethyl adjacent to an activating group) is 1. The molecule has 1 aromatic heterocycles. The number of ketones is 1. The number of rotatable bonds is 6. The zero-order valence-corrected chi connectivity index (χ0v) is 20.4. The van der Waals surface area contributed by atoms with Crippen molar-refractivity contribution in [2.75, 3.05) is 7.05 Å². The quantitative estimate of drug-likeness (QED) is 0.338. The smallest absolute Gasteiger partial charge is 1.00 e. The van der Waals surface area contributed by atoms with Crippen LogP contribution in [0.15, 0.2) is 65.2 Å². The van der Waals surface area contributed by atoms with Gasteiger partial charge in [0.15, 0.2) is 11.8 Å². The fourth-order valence-corrected chi connectivity index (χ4v) is 3.35. The predicted molar refractivity (Wildman–Crippen MR) is 115 cm³/mol. The van der Waals surface area contributed by atoms with Crippen LogP contribution in [-0.4, -0.2) is 51.4 Å². The van der Waals surface area contributed by atoms with E-state index in [1.54, 1.807) is 30.3 Å². The van der Waals surface area contributed by atoms with Crippen molar-refractivity contribution in [2.24, 2.45) is 0 Å². The van der Waals surface area contributed by atoms with Gasteiger partial charge in [0.1, 0.15) is 0 Å². The molecule has 3 rings (SSSR count). The minimum Gasteiger partial charge on any atom is -1.00 e. The molecule has 2 heterocycles. The van der Waals surface area contributed by atoms with E-state index >= 15 is 0 Å². The summed E-state index contributed by atoms with van der Waals surface area (Å²) >= 11 is 0. The van der Waals surface area contributed by atoms with Crippen molar-refractivity contribution in [3.63, 3.8) is 0 Å². The molecule has 33 heavy (non-hydrogen) atoms. The SMILES string of the molecule is CC1=CN(C)C(=O)C(NC(=O)NC(CC(=O)O)c2ccc(=O)n(-c3ccccc3)c2)C1=O.[H-].[Na+]. The number of aliphatic carboxylic acids is 1. The van der Waals surface area contributed by atoms with E-state index in [-0.39, 0.29) is 36.5 Å². The molecular formula is C22H23N4NaO6. The number of pyridine rings is 1. The van der Waals surface area contributed by atoms with Gasteiger partial charge in [0, 0.05) is 36.8 Å². The number of urea groups is 1. The first-order valence-electron chi connectivity index (χ1n) is 9.73. The topological polar surface area (TPSA) is 138 Å². The third kappa shape index (κ3) is 6.19. The number of Topliss-reactive ketones (excluding diaryl/α,β-unsaturated/α-hetero) is 1. The molecule has 0 spiro atoms. The van der Waals surface area contributed by atoms with Gasteiger partial charge >= 0.3 is 41.6 Å². The van der Waals surface area contributed by atoms with Crippen molar-refractivity contribution in [2.45, 2.75) is 25.4 Å². The molecule has 0 fully saturated rings. The summed E-state index contributed by atoms with van der Waals surface area (Å²) in [4.78, 5) is 62.1. The van der Waals surface area contributed by atoms with Gasteiger partial charge in [-0.2, -0.15) is 0 Å². The summed E-state index contributed by atoms with van der Waals surface area (Å²) in [6, 6.07) is 8.10. The minimum atomic E-state index is -1.41. The maximum Gasteiger partial charge on any atom is 1.00 e. The van der Waals surface area contributed by atoms with Gasteiger partial charge in [-0.05, 0) is 30.7 Å². The molecule has 2 aromatic rings. The largest absolute Gasteiger partial charge is 1.00 e. The molecule has 1 aromatic carbocycles. The second-order valence-corrected chi connectivity index (χ2v) is 7.33. The molecule has 0 saturated heterocycles.